The van der Waals surface area contributed by atoms with Crippen molar-refractivity contribution in [2.75, 3.05) is 27.7 Å². The lowest BCUT2D eigenvalue weighted by Gasteiger charge is -2.26. The van der Waals surface area contributed by atoms with Gasteiger partial charge in [0, 0.05) is 12.1 Å². The Morgan fingerprint density at radius 3 is 2.38 bits per heavy atom. The minimum atomic E-state index is -0.706. The van der Waals surface area contributed by atoms with Crippen LogP contribution in [0.1, 0.15) is 30.0 Å². The molecule has 1 saturated carbocycles. The third-order valence-corrected chi connectivity index (χ3v) is 5.15. The second kappa shape index (κ2) is 7.46. The molecule has 0 aromatic heterocycles. The topological polar surface area (TPSA) is 41.6 Å². The maximum Gasteiger partial charge on any atom is 0.230 e. The van der Waals surface area contributed by atoms with Crippen molar-refractivity contribution in [1.82, 2.24) is 10.2 Å². The van der Waals surface area contributed by atoms with Crippen LogP contribution in [-0.4, -0.2) is 38.6 Å². The van der Waals surface area contributed by atoms with Gasteiger partial charge < -0.3 is 15.0 Å². The molecule has 1 aliphatic carbocycles. The van der Waals surface area contributed by atoms with Gasteiger partial charge in [-0.1, -0.05) is 30.3 Å². The molecule has 2 aromatic rings. The Hall–Kier alpha value is -2.40. The third kappa shape index (κ3) is 3.58. The molecule has 2 aromatic carbocycles. The van der Waals surface area contributed by atoms with E-state index in [0.29, 0.717) is 24.9 Å². The van der Waals surface area contributed by atoms with Crippen molar-refractivity contribution in [3.63, 3.8) is 0 Å². The van der Waals surface area contributed by atoms with Gasteiger partial charge >= 0.3 is 0 Å². The van der Waals surface area contributed by atoms with Crippen LogP contribution in [0.3, 0.4) is 0 Å². The summed E-state index contributed by atoms with van der Waals surface area (Å²) in [5, 5.41) is 3.04. The number of carbonyl (C=O) groups excluding carboxylic acids is 1. The summed E-state index contributed by atoms with van der Waals surface area (Å²) in [4.78, 5) is 14.9. The van der Waals surface area contributed by atoms with Gasteiger partial charge in [0.25, 0.3) is 0 Å². The largest absolute Gasteiger partial charge is 0.497 e. The van der Waals surface area contributed by atoms with E-state index >= 15 is 0 Å². The van der Waals surface area contributed by atoms with Gasteiger partial charge in [0.2, 0.25) is 5.91 Å². The van der Waals surface area contributed by atoms with E-state index in [-0.39, 0.29) is 17.8 Å². The molecule has 1 N–H and O–H groups in total. The molecule has 3 rings (SSSR count). The van der Waals surface area contributed by atoms with Crippen LogP contribution < -0.4 is 10.1 Å². The van der Waals surface area contributed by atoms with Crippen molar-refractivity contribution in [3.05, 3.63) is 65.5 Å². The van der Waals surface area contributed by atoms with Crippen LogP contribution in [0.25, 0.3) is 0 Å². The summed E-state index contributed by atoms with van der Waals surface area (Å²) < 4.78 is 19.4. The highest BCUT2D eigenvalue weighted by atomic mass is 19.1. The molecule has 0 saturated heterocycles. The molecule has 26 heavy (non-hydrogen) atoms. The van der Waals surface area contributed by atoms with Gasteiger partial charge in [-0.2, -0.15) is 0 Å². The first kappa shape index (κ1) is 18.4. The fourth-order valence-electron chi connectivity index (χ4n) is 3.38. The molecule has 1 unspecified atom stereocenters. The Balaban J connectivity index is 1.71. The summed E-state index contributed by atoms with van der Waals surface area (Å²) in [7, 11) is 5.59. The zero-order valence-corrected chi connectivity index (χ0v) is 15.5. The first-order chi connectivity index (χ1) is 12.5. The van der Waals surface area contributed by atoms with Gasteiger partial charge in [-0.05, 0) is 50.7 Å². The van der Waals surface area contributed by atoms with Crippen molar-refractivity contribution in [1.29, 1.82) is 0 Å². The smallest absolute Gasteiger partial charge is 0.230 e. The molecule has 5 heteroatoms. The molecule has 1 fully saturated rings. The van der Waals surface area contributed by atoms with Gasteiger partial charge in [-0.15, -0.1) is 0 Å². The minimum absolute atomic E-state index is 0.0290. The van der Waals surface area contributed by atoms with Crippen LogP contribution >= 0.6 is 0 Å². The number of likely N-dealkylation sites (N-methyl/N-ethyl adjacent to an activating group) is 1. The number of nitrogens with one attached hydrogen (secondary N) is 1. The van der Waals surface area contributed by atoms with E-state index in [4.69, 9.17) is 4.74 Å². The lowest BCUT2D eigenvalue weighted by atomic mass is 9.94. The molecule has 0 spiro atoms. The molecule has 0 bridgehead atoms. The summed E-state index contributed by atoms with van der Waals surface area (Å²) in [6.07, 6.45) is 1.38. The second-order valence-corrected chi connectivity index (χ2v) is 7.02. The molecule has 0 aliphatic heterocycles. The number of rotatable bonds is 7. The molecular weight excluding hydrogens is 331 g/mol. The van der Waals surface area contributed by atoms with Crippen LogP contribution in [-0.2, 0) is 10.2 Å². The maximum atomic E-state index is 14.1. The normalized spacial score (nSPS) is 16.2. The number of nitrogens with zero attached hydrogens (tertiary/aromatic N) is 1. The van der Waals surface area contributed by atoms with E-state index in [1.165, 1.54) is 6.07 Å². The van der Waals surface area contributed by atoms with Gasteiger partial charge in [0.05, 0.1) is 18.6 Å². The van der Waals surface area contributed by atoms with Gasteiger partial charge in [0.15, 0.2) is 0 Å². The SMILES string of the molecule is COc1ccc(C(CNC(=O)C2(c3ccccc3F)CC2)N(C)C)cc1. The highest BCUT2D eigenvalue weighted by Gasteiger charge is 2.52. The second-order valence-electron chi connectivity index (χ2n) is 7.02. The molecule has 1 aliphatic rings. The molecule has 138 valence electrons. The van der Waals surface area contributed by atoms with E-state index < -0.39 is 5.41 Å². The highest BCUT2D eigenvalue weighted by Crippen LogP contribution is 2.49. The predicted octanol–water partition coefficient (Wildman–Crippen LogP) is 3.29. The monoisotopic (exact) mass is 356 g/mol. The number of halogens is 1. The van der Waals surface area contributed by atoms with Crippen LogP contribution in [0.2, 0.25) is 0 Å². The van der Waals surface area contributed by atoms with Crippen molar-refractivity contribution in [3.8, 4) is 5.75 Å². The average Bonchev–Trinajstić information content (AvgIpc) is 3.44. The number of methoxy groups -OCH3 is 1. The number of benzene rings is 2. The predicted molar refractivity (Wildman–Crippen MR) is 99.7 cm³/mol. The number of hydrogen-bond acceptors (Lipinski definition) is 3. The first-order valence-corrected chi connectivity index (χ1v) is 8.81. The fraction of sp³-hybridized carbons (Fsp3) is 0.381. The summed E-state index contributed by atoms with van der Waals surface area (Å²) in [5.74, 6) is 0.397. The average molecular weight is 356 g/mol. The Labute approximate surface area is 154 Å². The summed E-state index contributed by atoms with van der Waals surface area (Å²) >= 11 is 0. The fourth-order valence-corrected chi connectivity index (χ4v) is 3.38. The summed E-state index contributed by atoms with van der Waals surface area (Å²) in [5.41, 5.74) is 0.887. The van der Waals surface area contributed by atoms with E-state index in [0.717, 1.165) is 11.3 Å². The summed E-state index contributed by atoms with van der Waals surface area (Å²) in [6.45, 7) is 0.467. The van der Waals surface area contributed by atoms with Gasteiger partial charge in [-0.25, -0.2) is 4.39 Å². The zero-order valence-electron chi connectivity index (χ0n) is 15.5. The van der Waals surface area contributed by atoms with E-state index in [1.54, 1.807) is 25.3 Å². The molecule has 0 radical (unpaired) electrons. The van der Waals surface area contributed by atoms with Crippen LogP contribution in [0.15, 0.2) is 48.5 Å². The van der Waals surface area contributed by atoms with E-state index in [2.05, 4.69) is 10.2 Å². The lowest BCUT2D eigenvalue weighted by molar-refractivity contribution is -0.123. The number of amides is 1. The number of ether oxygens (including phenoxy) is 1. The Morgan fingerprint density at radius 1 is 1.19 bits per heavy atom. The molecule has 0 heterocycles. The van der Waals surface area contributed by atoms with Crippen molar-refractivity contribution >= 4 is 5.91 Å². The lowest BCUT2D eigenvalue weighted by Crippen LogP contribution is -2.40. The Bertz CT molecular complexity index is 770. The Morgan fingerprint density at radius 2 is 1.85 bits per heavy atom. The number of hydrogen-bond donors (Lipinski definition) is 1. The van der Waals surface area contributed by atoms with Crippen LogP contribution in [0, 0.1) is 5.82 Å². The first-order valence-electron chi connectivity index (χ1n) is 8.81. The summed E-state index contributed by atoms with van der Waals surface area (Å²) in [6, 6.07) is 14.4. The number of carbonyl (C=O) groups is 1. The van der Waals surface area contributed by atoms with Crippen molar-refractivity contribution < 1.29 is 13.9 Å². The zero-order chi connectivity index (χ0) is 18.7. The van der Waals surface area contributed by atoms with Crippen molar-refractivity contribution in [2.45, 2.75) is 24.3 Å². The quantitative estimate of drug-likeness (QED) is 0.828. The minimum Gasteiger partial charge on any atom is -0.497 e. The molecule has 4 nitrogen and oxygen atoms in total. The van der Waals surface area contributed by atoms with Crippen LogP contribution in [0.5, 0.6) is 5.75 Å². The maximum absolute atomic E-state index is 14.1. The van der Waals surface area contributed by atoms with Gasteiger partial charge in [-0.3, -0.25) is 4.79 Å². The van der Waals surface area contributed by atoms with E-state index in [9.17, 15) is 9.18 Å². The van der Waals surface area contributed by atoms with Crippen molar-refractivity contribution in [2.24, 2.45) is 0 Å². The molecule has 1 atom stereocenters. The highest BCUT2D eigenvalue weighted by molar-refractivity contribution is 5.91. The Kier molecular flexibility index (Phi) is 5.28. The van der Waals surface area contributed by atoms with E-state index in [1.807, 2.05) is 38.4 Å². The third-order valence-electron chi connectivity index (χ3n) is 5.15. The standard InChI is InChI=1S/C21H25FN2O2/c1-24(2)19(15-8-10-16(26-3)11-9-15)14-23-20(25)21(12-13-21)17-6-4-5-7-18(17)22/h4-11,19H,12-14H2,1-3H3,(H,23,25). The van der Waals surface area contributed by atoms with Crippen LogP contribution in [0.4, 0.5) is 4.39 Å². The molecular formula is C21H25FN2O2. The van der Waals surface area contributed by atoms with Gasteiger partial charge in [0.1, 0.15) is 11.6 Å². The molecule has 1 amide bonds.